The summed E-state index contributed by atoms with van der Waals surface area (Å²) in [6.45, 7) is 6.77. The third-order valence-corrected chi connectivity index (χ3v) is 7.55. The Kier molecular flexibility index (Phi) is 9.67. The first-order valence-electron chi connectivity index (χ1n) is 12.1. The molecule has 188 valence electrons. The quantitative estimate of drug-likeness (QED) is 0.330. The number of nitrogens with zero attached hydrogens (tertiary/aromatic N) is 4. The number of thiazole rings is 1. The van der Waals surface area contributed by atoms with E-state index in [-0.39, 0.29) is 5.91 Å². The zero-order chi connectivity index (χ0) is 24.5. The van der Waals surface area contributed by atoms with Gasteiger partial charge in [-0.15, -0.1) is 22.7 Å². The molecule has 0 spiro atoms. The average molecular weight is 515 g/mol. The first-order chi connectivity index (χ1) is 17.1. The van der Waals surface area contributed by atoms with Gasteiger partial charge in [-0.05, 0) is 62.6 Å². The molecule has 7 nitrogen and oxygen atoms in total. The van der Waals surface area contributed by atoms with Crippen molar-refractivity contribution in [3.63, 3.8) is 0 Å². The van der Waals surface area contributed by atoms with Crippen molar-refractivity contribution in [2.45, 2.75) is 12.8 Å². The van der Waals surface area contributed by atoms with Gasteiger partial charge in [0.2, 0.25) is 0 Å². The molecule has 0 unspecified atom stereocenters. The van der Waals surface area contributed by atoms with E-state index in [0.29, 0.717) is 13.2 Å². The van der Waals surface area contributed by atoms with Gasteiger partial charge in [-0.1, -0.05) is 6.07 Å². The summed E-state index contributed by atoms with van der Waals surface area (Å²) in [5.74, 6) is 0.880. The molecule has 1 amide bonds. The van der Waals surface area contributed by atoms with Crippen LogP contribution in [0.4, 0.5) is 5.13 Å². The molecule has 1 fully saturated rings. The molecule has 0 aliphatic carbocycles. The molecule has 1 saturated heterocycles. The normalized spacial score (nSPS) is 14.4. The van der Waals surface area contributed by atoms with E-state index in [4.69, 9.17) is 14.5 Å². The number of aromatic nitrogens is 1. The molecule has 3 heterocycles. The first kappa shape index (κ1) is 25.8. The smallest absolute Gasteiger partial charge is 0.270 e. The van der Waals surface area contributed by atoms with Crippen molar-refractivity contribution >= 4 is 33.7 Å². The van der Waals surface area contributed by atoms with Crippen LogP contribution in [0.15, 0.2) is 47.2 Å². The summed E-state index contributed by atoms with van der Waals surface area (Å²) in [7, 11) is 4.13. The molecular weight excluding hydrogens is 480 g/mol. The van der Waals surface area contributed by atoms with Crippen LogP contribution in [0.1, 0.15) is 22.5 Å². The molecule has 0 bridgehead atoms. The summed E-state index contributed by atoms with van der Waals surface area (Å²) >= 11 is 2.99. The summed E-state index contributed by atoms with van der Waals surface area (Å²) in [6.07, 6.45) is 1.88. The maximum absolute atomic E-state index is 13.3. The Morgan fingerprint density at radius 2 is 1.89 bits per heavy atom. The fraction of sp³-hybridized carbons (Fsp3) is 0.462. The Morgan fingerprint density at radius 1 is 1.09 bits per heavy atom. The molecule has 35 heavy (non-hydrogen) atoms. The summed E-state index contributed by atoms with van der Waals surface area (Å²) in [5.41, 5.74) is 1.89. The van der Waals surface area contributed by atoms with Crippen LogP contribution >= 0.6 is 22.7 Å². The fourth-order valence-corrected chi connectivity index (χ4v) is 5.44. The average Bonchev–Trinajstić information content (AvgIpc) is 3.58. The molecule has 1 aliphatic heterocycles. The lowest BCUT2D eigenvalue weighted by molar-refractivity contribution is 0.0376. The third-order valence-electron chi connectivity index (χ3n) is 5.83. The van der Waals surface area contributed by atoms with Gasteiger partial charge < -0.3 is 14.4 Å². The second-order valence-corrected chi connectivity index (χ2v) is 10.6. The van der Waals surface area contributed by atoms with Gasteiger partial charge in [-0.25, -0.2) is 4.98 Å². The number of anilines is 1. The Labute approximate surface area is 215 Å². The maximum Gasteiger partial charge on any atom is 0.270 e. The number of carbonyl (C=O) groups is 1. The number of thiophene rings is 1. The van der Waals surface area contributed by atoms with Gasteiger partial charge in [0.1, 0.15) is 5.75 Å². The van der Waals surface area contributed by atoms with E-state index in [9.17, 15) is 4.79 Å². The number of hydrogen-bond donors (Lipinski definition) is 0. The molecule has 9 heteroatoms. The molecule has 0 atom stereocenters. The van der Waals surface area contributed by atoms with Crippen molar-refractivity contribution in [2.24, 2.45) is 0 Å². The number of amides is 1. The summed E-state index contributed by atoms with van der Waals surface area (Å²) in [5, 5.41) is 4.71. The van der Waals surface area contributed by atoms with Gasteiger partial charge in [-0.3, -0.25) is 14.6 Å². The van der Waals surface area contributed by atoms with Gasteiger partial charge in [0.05, 0.1) is 30.4 Å². The van der Waals surface area contributed by atoms with Crippen molar-refractivity contribution in [3.8, 4) is 17.0 Å². The van der Waals surface area contributed by atoms with E-state index < -0.39 is 0 Å². The van der Waals surface area contributed by atoms with Crippen LogP contribution in [0, 0.1) is 0 Å². The predicted octanol–water partition coefficient (Wildman–Crippen LogP) is 4.57. The van der Waals surface area contributed by atoms with E-state index in [0.717, 1.165) is 79.3 Å². The largest absolute Gasteiger partial charge is 0.494 e. The molecule has 1 aliphatic rings. The van der Waals surface area contributed by atoms with Crippen molar-refractivity contribution < 1.29 is 14.3 Å². The Morgan fingerprint density at radius 3 is 2.60 bits per heavy atom. The second-order valence-electron chi connectivity index (χ2n) is 8.79. The van der Waals surface area contributed by atoms with Crippen LogP contribution in [0.2, 0.25) is 0 Å². The van der Waals surface area contributed by atoms with E-state index in [1.165, 1.54) is 22.7 Å². The van der Waals surface area contributed by atoms with Gasteiger partial charge in [0, 0.05) is 43.7 Å². The SMILES string of the molecule is CN(C)CCCOc1ccc(-c2csc(N(CCCN3CCOCC3)C(=O)c3cccs3)n2)cc1. The van der Waals surface area contributed by atoms with Crippen LogP contribution in [-0.2, 0) is 4.74 Å². The number of hydrogen-bond acceptors (Lipinski definition) is 8. The fourth-order valence-electron chi connectivity index (χ4n) is 3.91. The minimum Gasteiger partial charge on any atom is -0.494 e. The van der Waals surface area contributed by atoms with Crippen LogP contribution in [0.25, 0.3) is 11.3 Å². The molecule has 0 N–H and O–H groups in total. The van der Waals surface area contributed by atoms with Crippen molar-refractivity contribution in [1.29, 1.82) is 0 Å². The monoisotopic (exact) mass is 514 g/mol. The zero-order valence-electron chi connectivity index (χ0n) is 20.5. The molecule has 0 radical (unpaired) electrons. The van der Waals surface area contributed by atoms with Crippen molar-refractivity contribution in [3.05, 3.63) is 52.0 Å². The van der Waals surface area contributed by atoms with Gasteiger partial charge in [0.15, 0.2) is 5.13 Å². The number of morpholine rings is 1. The standard InChI is InChI=1S/C26H34N4O3S2/c1-28(2)11-5-16-33-22-9-7-21(8-10-22)23-20-35-26(27-23)30(25(31)24-6-3-19-34-24)13-4-12-29-14-17-32-18-15-29/h3,6-10,19-20H,4-5,11-18H2,1-2H3. The van der Waals surface area contributed by atoms with Crippen LogP contribution in [-0.4, -0.2) is 87.3 Å². The number of ether oxygens (including phenoxy) is 2. The lowest BCUT2D eigenvalue weighted by atomic mass is 10.2. The van der Waals surface area contributed by atoms with Gasteiger partial charge >= 0.3 is 0 Å². The zero-order valence-corrected chi connectivity index (χ0v) is 22.2. The highest BCUT2D eigenvalue weighted by Crippen LogP contribution is 2.30. The van der Waals surface area contributed by atoms with Crippen molar-refractivity contribution in [2.75, 3.05) is 71.5 Å². The topological polar surface area (TPSA) is 58.1 Å². The highest BCUT2D eigenvalue weighted by Gasteiger charge is 2.22. The molecule has 0 saturated carbocycles. The van der Waals surface area contributed by atoms with E-state index in [2.05, 4.69) is 23.9 Å². The van der Waals surface area contributed by atoms with E-state index in [1.54, 1.807) is 0 Å². The molecule has 3 aromatic rings. The number of benzene rings is 1. The summed E-state index contributed by atoms with van der Waals surface area (Å²) < 4.78 is 11.3. The lowest BCUT2D eigenvalue weighted by Crippen LogP contribution is -2.39. The molecular formula is C26H34N4O3S2. The second kappa shape index (κ2) is 13.1. The third kappa shape index (κ3) is 7.59. The van der Waals surface area contributed by atoms with E-state index >= 15 is 0 Å². The first-order valence-corrected chi connectivity index (χ1v) is 13.8. The van der Waals surface area contributed by atoms with E-state index in [1.807, 2.05) is 52.1 Å². The highest BCUT2D eigenvalue weighted by molar-refractivity contribution is 7.14. The number of rotatable bonds is 12. The molecule has 1 aromatic carbocycles. The minimum atomic E-state index is 0.0179. The minimum absolute atomic E-state index is 0.0179. The summed E-state index contributed by atoms with van der Waals surface area (Å²) in [4.78, 5) is 25.3. The van der Waals surface area contributed by atoms with Crippen molar-refractivity contribution in [1.82, 2.24) is 14.8 Å². The van der Waals surface area contributed by atoms with Gasteiger partial charge in [-0.2, -0.15) is 0 Å². The molecule has 4 rings (SSSR count). The summed E-state index contributed by atoms with van der Waals surface area (Å²) in [6, 6.07) is 11.8. The Bertz CT molecular complexity index is 1030. The van der Waals surface area contributed by atoms with Gasteiger partial charge in [0.25, 0.3) is 5.91 Å². The van der Waals surface area contributed by atoms with Crippen LogP contribution in [0.3, 0.4) is 0 Å². The Balaban J connectivity index is 1.40. The highest BCUT2D eigenvalue weighted by atomic mass is 32.1. The Hall–Kier alpha value is -2.30. The molecule has 2 aromatic heterocycles. The van der Waals surface area contributed by atoms with Crippen LogP contribution < -0.4 is 9.64 Å². The lowest BCUT2D eigenvalue weighted by Gasteiger charge is -2.27. The predicted molar refractivity (Wildman–Crippen MR) is 144 cm³/mol. The number of carbonyl (C=O) groups excluding carboxylic acids is 1. The maximum atomic E-state index is 13.3. The van der Waals surface area contributed by atoms with Crippen LogP contribution in [0.5, 0.6) is 5.75 Å².